The minimum Gasteiger partial charge on any atom is -0.379 e. The Balaban J connectivity index is 1.07. The highest BCUT2D eigenvalue weighted by Gasteiger charge is 2.34. The Bertz CT molecular complexity index is 1330. The average molecular weight is 555 g/mol. The Kier molecular flexibility index (Phi) is 8.90. The quantitative estimate of drug-likeness (QED) is 0.406. The van der Waals surface area contributed by atoms with Gasteiger partial charge in [0.1, 0.15) is 0 Å². The highest BCUT2D eigenvalue weighted by molar-refractivity contribution is 5.83. The molecular formula is C35H46N4O2. The normalized spacial score (nSPS) is 22.8. The number of fused-ring (bicyclic) bond motifs is 1. The molecule has 0 saturated carbocycles. The predicted molar refractivity (Wildman–Crippen MR) is 167 cm³/mol. The number of likely N-dealkylation sites (tertiary alicyclic amines) is 1. The number of piperazine rings is 1. The van der Waals surface area contributed by atoms with Gasteiger partial charge in [-0.1, -0.05) is 48.5 Å². The molecule has 0 aromatic heterocycles. The van der Waals surface area contributed by atoms with Crippen molar-refractivity contribution in [2.24, 2.45) is 5.92 Å². The van der Waals surface area contributed by atoms with Crippen LogP contribution >= 0.6 is 0 Å². The highest BCUT2D eigenvalue weighted by atomic mass is 16.5. The van der Waals surface area contributed by atoms with E-state index in [-0.39, 0.29) is 0 Å². The van der Waals surface area contributed by atoms with Gasteiger partial charge < -0.3 is 14.5 Å². The lowest BCUT2D eigenvalue weighted by atomic mass is 9.86. The molecule has 0 spiro atoms. The second-order valence-electron chi connectivity index (χ2n) is 12.3. The number of carbonyl (C=O) groups excluding carboxylic acids is 1. The first-order valence-corrected chi connectivity index (χ1v) is 15.7. The molecule has 0 bridgehead atoms. The lowest BCUT2D eigenvalue weighted by Crippen LogP contribution is -2.54. The van der Waals surface area contributed by atoms with E-state index in [1.807, 2.05) is 0 Å². The van der Waals surface area contributed by atoms with Crippen molar-refractivity contribution in [2.75, 3.05) is 70.5 Å². The number of nitrogens with zero attached hydrogens (tertiary/aromatic N) is 4. The number of amides is 1. The molecule has 3 aliphatic heterocycles. The fourth-order valence-corrected chi connectivity index (χ4v) is 7.25. The summed E-state index contributed by atoms with van der Waals surface area (Å²) in [6.45, 7) is 14.7. The number of ether oxygens (including phenoxy) is 1. The van der Waals surface area contributed by atoms with Crippen LogP contribution in [0.5, 0.6) is 0 Å². The van der Waals surface area contributed by atoms with Crippen molar-refractivity contribution in [1.29, 1.82) is 0 Å². The van der Waals surface area contributed by atoms with E-state index in [1.165, 1.54) is 39.6 Å². The summed E-state index contributed by atoms with van der Waals surface area (Å²) < 4.78 is 5.68. The number of benzene rings is 3. The maximum absolute atomic E-state index is 13.4. The summed E-state index contributed by atoms with van der Waals surface area (Å²) in [5.41, 5.74) is 5.38. The molecular weight excluding hydrogens is 508 g/mol. The SMILES string of the molecule is Cc1cccc(N2CCN(C(=O)CC[C@@H]3CN(Cc4ccc5ccccc5c4)CC[C@@H]3N3CCOCC3)CC2)c1C. The third kappa shape index (κ3) is 6.61. The Labute approximate surface area is 245 Å². The van der Waals surface area contributed by atoms with Gasteiger partial charge in [0.25, 0.3) is 0 Å². The van der Waals surface area contributed by atoms with Gasteiger partial charge in [-0.05, 0) is 78.7 Å². The lowest BCUT2D eigenvalue weighted by Gasteiger charge is -2.45. The van der Waals surface area contributed by atoms with E-state index in [1.54, 1.807) is 0 Å². The van der Waals surface area contributed by atoms with Crippen LogP contribution in [0.25, 0.3) is 10.8 Å². The van der Waals surface area contributed by atoms with Gasteiger partial charge in [0.05, 0.1) is 13.2 Å². The zero-order valence-electron chi connectivity index (χ0n) is 24.9. The van der Waals surface area contributed by atoms with Crippen molar-refractivity contribution < 1.29 is 9.53 Å². The molecule has 3 aromatic carbocycles. The zero-order valence-corrected chi connectivity index (χ0v) is 24.9. The monoisotopic (exact) mass is 554 g/mol. The molecule has 2 atom stereocenters. The largest absolute Gasteiger partial charge is 0.379 e. The minimum absolute atomic E-state index is 0.331. The van der Waals surface area contributed by atoms with Crippen LogP contribution in [0.1, 0.15) is 36.0 Å². The third-order valence-corrected chi connectivity index (χ3v) is 9.79. The van der Waals surface area contributed by atoms with Crippen LogP contribution in [0.2, 0.25) is 0 Å². The van der Waals surface area contributed by atoms with Gasteiger partial charge in [0.15, 0.2) is 0 Å². The number of aryl methyl sites for hydroxylation is 1. The van der Waals surface area contributed by atoms with Gasteiger partial charge in [0.2, 0.25) is 5.91 Å². The molecule has 0 N–H and O–H groups in total. The first kappa shape index (κ1) is 28.2. The molecule has 0 aliphatic carbocycles. The number of morpholine rings is 1. The molecule has 0 unspecified atom stereocenters. The number of piperidine rings is 1. The molecule has 3 aliphatic rings. The Morgan fingerprint density at radius 3 is 2.44 bits per heavy atom. The number of hydrogen-bond acceptors (Lipinski definition) is 5. The van der Waals surface area contributed by atoms with E-state index in [2.05, 4.69) is 94.1 Å². The first-order valence-electron chi connectivity index (χ1n) is 15.7. The van der Waals surface area contributed by atoms with Gasteiger partial charge in [-0.25, -0.2) is 0 Å². The summed E-state index contributed by atoms with van der Waals surface area (Å²) in [5.74, 6) is 0.834. The van der Waals surface area contributed by atoms with Crippen LogP contribution in [0.4, 0.5) is 5.69 Å². The van der Waals surface area contributed by atoms with Crippen molar-refractivity contribution in [3.05, 3.63) is 77.4 Å². The van der Waals surface area contributed by atoms with E-state index in [0.717, 1.165) is 78.5 Å². The van der Waals surface area contributed by atoms with E-state index < -0.39 is 0 Å². The van der Waals surface area contributed by atoms with E-state index in [4.69, 9.17) is 4.74 Å². The molecule has 3 heterocycles. The topological polar surface area (TPSA) is 39.3 Å². The van der Waals surface area contributed by atoms with Crippen LogP contribution in [0.15, 0.2) is 60.7 Å². The highest BCUT2D eigenvalue weighted by Crippen LogP contribution is 2.29. The summed E-state index contributed by atoms with van der Waals surface area (Å²) in [6, 6.07) is 22.6. The molecule has 3 fully saturated rings. The Morgan fingerprint density at radius 1 is 0.854 bits per heavy atom. The number of rotatable bonds is 7. The standard InChI is InChI=1S/C35H46N4O2/c1-27-6-5-9-33(28(27)2)37-16-18-39(19-17-37)35(40)13-12-32-26-36(15-14-34(32)38-20-22-41-23-21-38)25-29-10-11-30-7-3-4-8-31(30)24-29/h3-11,24,32,34H,12-23,25-26H2,1-2H3/t32-,34+/m1/s1. The first-order chi connectivity index (χ1) is 20.0. The van der Waals surface area contributed by atoms with Crippen molar-refractivity contribution in [3.8, 4) is 0 Å². The van der Waals surface area contributed by atoms with Crippen molar-refractivity contribution in [1.82, 2.24) is 14.7 Å². The fraction of sp³-hybridized carbons (Fsp3) is 0.514. The van der Waals surface area contributed by atoms with Gasteiger partial charge in [-0.2, -0.15) is 0 Å². The van der Waals surface area contributed by atoms with Crippen LogP contribution in [-0.4, -0.2) is 92.2 Å². The van der Waals surface area contributed by atoms with Crippen LogP contribution in [0.3, 0.4) is 0 Å². The molecule has 6 heteroatoms. The molecule has 218 valence electrons. The summed E-state index contributed by atoms with van der Waals surface area (Å²) in [7, 11) is 0. The van der Waals surface area contributed by atoms with Crippen molar-refractivity contribution in [2.45, 2.75) is 45.7 Å². The lowest BCUT2D eigenvalue weighted by molar-refractivity contribution is -0.132. The van der Waals surface area contributed by atoms with Crippen LogP contribution in [0, 0.1) is 19.8 Å². The number of hydrogen-bond donors (Lipinski definition) is 0. The van der Waals surface area contributed by atoms with Gasteiger partial charge >= 0.3 is 0 Å². The summed E-state index contributed by atoms with van der Waals surface area (Å²) in [5, 5.41) is 2.61. The van der Waals surface area contributed by atoms with Gasteiger partial charge in [-0.15, -0.1) is 0 Å². The summed E-state index contributed by atoms with van der Waals surface area (Å²) in [4.78, 5) is 23.3. The summed E-state index contributed by atoms with van der Waals surface area (Å²) in [6.07, 6.45) is 2.78. The summed E-state index contributed by atoms with van der Waals surface area (Å²) >= 11 is 0. The van der Waals surface area contributed by atoms with E-state index in [9.17, 15) is 4.79 Å². The number of anilines is 1. The van der Waals surface area contributed by atoms with Gasteiger partial charge in [-0.3, -0.25) is 14.6 Å². The second-order valence-corrected chi connectivity index (χ2v) is 12.3. The average Bonchev–Trinajstić information content (AvgIpc) is 3.02. The molecule has 3 aromatic rings. The van der Waals surface area contributed by atoms with Crippen molar-refractivity contribution in [3.63, 3.8) is 0 Å². The maximum Gasteiger partial charge on any atom is 0.222 e. The smallest absolute Gasteiger partial charge is 0.222 e. The van der Waals surface area contributed by atoms with Crippen LogP contribution in [-0.2, 0) is 16.1 Å². The van der Waals surface area contributed by atoms with Gasteiger partial charge in [0, 0.05) is 70.5 Å². The molecule has 1 amide bonds. The molecule has 3 saturated heterocycles. The molecule has 6 rings (SSSR count). The maximum atomic E-state index is 13.4. The molecule has 0 radical (unpaired) electrons. The van der Waals surface area contributed by atoms with Crippen molar-refractivity contribution >= 4 is 22.4 Å². The third-order valence-electron chi connectivity index (χ3n) is 9.79. The zero-order chi connectivity index (χ0) is 28.2. The molecule has 6 nitrogen and oxygen atoms in total. The van der Waals surface area contributed by atoms with E-state index in [0.29, 0.717) is 24.3 Å². The Hall–Kier alpha value is -2.93. The Morgan fingerprint density at radius 2 is 1.63 bits per heavy atom. The molecule has 41 heavy (non-hydrogen) atoms. The van der Waals surface area contributed by atoms with E-state index >= 15 is 0 Å². The van der Waals surface area contributed by atoms with Crippen LogP contribution < -0.4 is 4.90 Å². The predicted octanol–water partition coefficient (Wildman–Crippen LogP) is 5.11. The second kappa shape index (κ2) is 12.9. The fourth-order valence-electron chi connectivity index (χ4n) is 7.25. The number of carbonyl (C=O) groups is 1. The minimum atomic E-state index is 0.331.